The van der Waals surface area contributed by atoms with Crippen molar-refractivity contribution in [1.29, 1.82) is 0 Å². The van der Waals surface area contributed by atoms with E-state index in [-0.39, 0.29) is 0 Å². The maximum atomic E-state index is 5.95. The molecule has 0 amide bonds. The fourth-order valence-corrected chi connectivity index (χ4v) is 2.32. The van der Waals surface area contributed by atoms with Gasteiger partial charge in [0.05, 0.1) is 5.69 Å². The van der Waals surface area contributed by atoms with Crippen LogP contribution in [0.2, 0.25) is 0 Å². The van der Waals surface area contributed by atoms with Crippen molar-refractivity contribution >= 4 is 27.6 Å². The van der Waals surface area contributed by atoms with Gasteiger partial charge in [0.25, 0.3) is 0 Å². The third-order valence-corrected chi connectivity index (χ3v) is 3.21. The first-order valence-corrected chi connectivity index (χ1v) is 5.88. The molecule has 2 heteroatoms. The van der Waals surface area contributed by atoms with Gasteiger partial charge >= 0.3 is 0 Å². The predicted molar refractivity (Wildman–Crippen MR) is 72.2 cm³/mol. The van der Waals surface area contributed by atoms with Crippen molar-refractivity contribution in [2.75, 3.05) is 5.73 Å². The lowest BCUT2D eigenvalue weighted by atomic mass is 10.0. The lowest BCUT2D eigenvalue weighted by Gasteiger charge is -2.04. The summed E-state index contributed by atoms with van der Waals surface area (Å²) in [5.41, 5.74) is 9.66. The SMILES string of the molecule is CC(C)c1cccc2c1oc1c(N)cccc12. The number of anilines is 1. The summed E-state index contributed by atoms with van der Waals surface area (Å²) in [6.07, 6.45) is 0. The van der Waals surface area contributed by atoms with Crippen LogP contribution in [-0.4, -0.2) is 0 Å². The number of benzene rings is 2. The summed E-state index contributed by atoms with van der Waals surface area (Å²) in [6.45, 7) is 4.34. The maximum Gasteiger partial charge on any atom is 0.158 e. The zero-order chi connectivity index (χ0) is 12.0. The molecule has 0 saturated heterocycles. The third kappa shape index (κ3) is 1.41. The topological polar surface area (TPSA) is 39.2 Å². The van der Waals surface area contributed by atoms with Gasteiger partial charge in [-0.3, -0.25) is 0 Å². The smallest absolute Gasteiger partial charge is 0.158 e. The van der Waals surface area contributed by atoms with Crippen LogP contribution in [0.15, 0.2) is 40.8 Å². The molecule has 0 unspecified atom stereocenters. The number of hydrogen-bond donors (Lipinski definition) is 1. The Morgan fingerprint density at radius 3 is 2.29 bits per heavy atom. The summed E-state index contributed by atoms with van der Waals surface area (Å²) in [4.78, 5) is 0. The fourth-order valence-electron chi connectivity index (χ4n) is 2.32. The quantitative estimate of drug-likeness (QED) is 0.627. The Balaban J connectivity index is 2.51. The lowest BCUT2D eigenvalue weighted by molar-refractivity contribution is 0.658. The van der Waals surface area contributed by atoms with E-state index in [0.717, 1.165) is 21.9 Å². The van der Waals surface area contributed by atoms with Crippen LogP contribution in [0.3, 0.4) is 0 Å². The van der Waals surface area contributed by atoms with Crippen LogP contribution >= 0.6 is 0 Å². The van der Waals surface area contributed by atoms with Gasteiger partial charge < -0.3 is 10.2 Å². The molecule has 0 fully saturated rings. The number of fused-ring (bicyclic) bond motifs is 3. The van der Waals surface area contributed by atoms with E-state index in [1.807, 2.05) is 12.1 Å². The highest BCUT2D eigenvalue weighted by Gasteiger charge is 2.13. The number of hydrogen-bond acceptors (Lipinski definition) is 2. The van der Waals surface area contributed by atoms with Gasteiger partial charge in [0.2, 0.25) is 0 Å². The van der Waals surface area contributed by atoms with E-state index in [1.165, 1.54) is 5.56 Å². The molecule has 1 heterocycles. The van der Waals surface area contributed by atoms with E-state index >= 15 is 0 Å². The van der Waals surface area contributed by atoms with E-state index in [9.17, 15) is 0 Å². The minimum Gasteiger partial charge on any atom is -0.454 e. The molecule has 0 aliphatic heterocycles. The summed E-state index contributed by atoms with van der Waals surface area (Å²) in [7, 11) is 0. The van der Waals surface area contributed by atoms with Crippen molar-refractivity contribution < 1.29 is 4.42 Å². The van der Waals surface area contributed by atoms with Gasteiger partial charge in [-0.2, -0.15) is 0 Å². The minimum absolute atomic E-state index is 0.445. The molecule has 2 nitrogen and oxygen atoms in total. The number of furan rings is 1. The summed E-state index contributed by atoms with van der Waals surface area (Å²) in [5, 5.41) is 2.25. The van der Waals surface area contributed by atoms with E-state index in [0.29, 0.717) is 11.6 Å². The molecule has 0 spiro atoms. The Labute approximate surface area is 100 Å². The first kappa shape index (κ1) is 10.2. The first-order valence-electron chi connectivity index (χ1n) is 5.88. The highest BCUT2D eigenvalue weighted by Crippen LogP contribution is 2.35. The van der Waals surface area contributed by atoms with Gasteiger partial charge in [-0.05, 0) is 17.5 Å². The van der Waals surface area contributed by atoms with Crippen molar-refractivity contribution in [2.45, 2.75) is 19.8 Å². The van der Waals surface area contributed by atoms with Crippen LogP contribution in [0.4, 0.5) is 5.69 Å². The number of nitrogen functional groups attached to an aromatic ring is 1. The molecule has 3 aromatic rings. The lowest BCUT2D eigenvalue weighted by Crippen LogP contribution is -1.86. The zero-order valence-corrected chi connectivity index (χ0v) is 10.0. The van der Waals surface area contributed by atoms with Crippen LogP contribution in [0.1, 0.15) is 25.3 Å². The minimum atomic E-state index is 0.445. The van der Waals surface area contributed by atoms with E-state index in [4.69, 9.17) is 10.2 Å². The van der Waals surface area contributed by atoms with Crippen LogP contribution < -0.4 is 5.73 Å². The molecule has 0 radical (unpaired) electrons. The summed E-state index contributed by atoms with van der Waals surface area (Å²) >= 11 is 0. The third-order valence-electron chi connectivity index (χ3n) is 3.21. The molecule has 0 atom stereocenters. The number of nitrogens with two attached hydrogens (primary N) is 1. The molecule has 17 heavy (non-hydrogen) atoms. The van der Waals surface area contributed by atoms with Crippen molar-refractivity contribution in [1.82, 2.24) is 0 Å². The van der Waals surface area contributed by atoms with E-state index < -0.39 is 0 Å². The highest BCUT2D eigenvalue weighted by molar-refractivity contribution is 6.09. The molecular formula is C15H15NO. The fraction of sp³-hybridized carbons (Fsp3) is 0.200. The Kier molecular flexibility index (Phi) is 2.11. The van der Waals surface area contributed by atoms with Crippen molar-refractivity contribution in [3.05, 3.63) is 42.0 Å². The standard InChI is InChI=1S/C15H15NO/c1-9(2)10-5-3-6-11-12-7-4-8-13(16)15(12)17-14(10)11/h3-9H,16H2,1-2H3. The van der Waals surface area contributed by atoms with Gasteiger partial charge in [0.1, 0.15) is 5.58 Å². The molecule has 0 aliphatic carbocycles. The Morgan fingerprint density at radius 1 is 0.941 bits per heavy atom. The molecular weight excluding hydrogens is 210 g/mol. The average molecular weight is 225 g/mol. The summed E-state index contributed by atoms with van der Waals surface area (Å²) in [6, 6.07) is 12.2. The highest BCUT2D eigenvalue weighted by atomic mass is 16.3. The molecule has 86 valence electrons. The largest absolute Gasteiger partial charge is 0.454 e. The van der Waals surface area contributed by atoms with Crippen LogP contribution in [-0.2, 0) is 0 Å². The van der Waals surface area contributed by atoms with Gasteiger partial charge in [-0.1, -0.05) is 44.2 Å². The average Bonchev–Trinajstić information content (AvgIpc) is 2.69. The molecule has 2 N–H and O–H groups in total. The first-order chi connectivity index (χ1) is 8.18. The van der Waals surface area contributed by atoms with Crippen molar-refractivity contribution in [3.63, 3.8) is 0 Å². The molecule has 1 aromatic heterocycles. The summed E-state index contributed by atoms with van der Waals surface area (Å²) < 4.78 is 5.95. The second-order valence-electron chi connectivity index (χ2n) is 4.70. The maximum absolute atomic E-state index is 5.95. The Hall–Kier alpha value is -1.96. The molecule has 2 aromatic carbocycles. The molecule has 3 rings (SSSR count). The Bertz CT molecular complexity index is 695. The normalized spacial score (nSPS) is 11.7. The Morgan fingerprint density at radius 2 is 1.59 bits per heavy atom. The predicted octanol–water partition coefficient (Wildman–Crippen LogP) is 4.29. The number of rotatable bonds is 1. The summed E-state index contributed by atoms with van der Waals surface area (Å²) in [5.74, 6) is 0.445. The second kappa shape index (κ2) is 3.52. The van der Waals surface area contributed by atoms with Crippen LogP contribution in [0.5, 0.6) is 0 Å². The van der Waals surface area contributed by atoms with Gasteiger partial charge in [0, 0.05) is 10.8 Å². The van der Waals surface area contributed by atoms with Gasteiger partial charge in [-0.25, -0.2) is 0 Å². The van der Waals surface area contributed by atoms with Crippen LogP contribution in [0, 0.1) is 0 Å². The second-order valence-corrected chi connectivity index (χ2v) is 4.70. The van der Waals surface area contributed by atoms with Crippen molar-refractivity contribution in [2.24, 2.45) is 0 Å². The number of para-hydroxylation sites is 2. The van der Waals surface area contributed by atoms with Gasteiger partial charge in [-0.15, -0.1) is 0 Å². The van der Waals surface area contributed by atoms with Crippen molar-refractivity contribution in [3.8, 4) is 0 Å². The monoisotopic (exact) mass is 225 g/mol. The van der Waals surface area contributed by atoms with Crippen LogP contribution in [0.25, 0.3) is 21.9 Å². The van der Waals surface area contributed by atoms with Gasteiger partial charge in [0.15, 0.2) is 5.58 Å². The molecule has 0 saturated carbocycles. The van der Waals surface area contributed by atoms with E-state index in [2.05, 4.69) is 38.1 Å². The van der Waals surface area contributed by atoms with E-state index in [1.54, 1.807) is 0 Å². The molecule has 0 aliphatic rings. The zero-order valence-electron chi connectivity index (χ0n) is 10.0. The molecule has 0 bridgehead atoms.